The molecule has 0 spiro atoms. The van der Waals surface area contributed by atoms with E-state index in [1.807, 2.05) is 0 Å². The van der Waals surface area contributed by atoms with E-state index in [0.29, 0.717) is 5.92 Å². The van der Waals surface area contributed by atoms with Gasteiger partial charge in [0.15, 0.2) is 0 Å². The zero-order chi connectivity index (χ0) is 20.2. The minimum absolute atomic E-state index is 0.247. The lowest BCUT2D eigenvalue weighted by atomic mass is 9.82. The zero-order valence-electron chi connectivity index (χ0n) is 18.8. The Morgan fingerprint density at radius 1 is 0.643 bits per heavy atom. The van der Waals surface area contributed by atoms with Gasteiger partial charge in [0.2, 0.25) is 0 Å². The Kier molecular flexibility index (Phi) is 10.5. The molecule has 2 aromatic heterocycles. The van der Waals surface area contributed by atoms with E-state index in [4.69, 9.17) is 8.83 Å². The second kappa shape index (κ2) is 12.9. The van der Waals surface area contributed by atoms with Crippen molar-refractivity contribution in [3.63, 3.8) is 0 Å². The molecule has 0 aliphatic rings. The standard InChI is InChI=1S/C26H42O2/c1-5-9-12-15-22-17-19-24(27-22)26(21(8-4)14-11-7-3)25-20-18-23(28-25)16-13-10-6-2/h17-21,26H,5-16H2,1-4H3. The van der Waals surface area contributed by atoms with Gasteiger partial charge in [0.05, 0.1) is 5.92 Å². The number of aryl methyl sites for hydroxylation is 2. The Balaban J connectivity index is 2.19. The summed E-state index contributed by atoms with van der Waals surface area (Å²) in [5, 5.41) is 0. The SMILES string of the molecule is CCCCCc1ccc(C(c2ccc(CCCCC)o2)C(CC)CCCC)o1. The first-order chi connectivity index (χ1) is 13.7. The molecule has 0 aromatic carbocycles. The minimum Gasteiger partial charge on any atom is -0.465 e. The number of unbranched alkanes of at least 4 members (excludes halogenated alkanes) is 5. The van der Waals surface area contributed by atoms with Gasteiger partial charge >= 0.3 is 0 Å². The van der Waals surface area contributed by atoms with E-state index in [1.54, 1.807) is 0 Å². The molecule has 0 saturated carbocycles. The topological polar surface area (TPSA) is 26.3 Å². The third kappa shape index (κ3) is 6.87. The molecule has 2 heteroatoms. The van der Waals surface area contributed by atoms with Gasteiger partial charge in [-0.1, -0.05) is 72.6 Å². The third-order valence-electron chi connectivity index (χ3n) is 5.96. The highest BCUT2D eigenvalue weighted by atomic mass is 16.4. The van der Waals surface area contributed by atoms with Gasteiger partial charge in [0.1, 0.15) is 23.0 Å². The Bertz CT molecular complexity index is 588. The molecule has 0 amide bonds. The van der Waals surface area contributed by atoms with Crippen molar-refractivity contribution in [1.82, 2.24) is 0 Å². The first-order valence-electron chi connectivity index (χ1n) is 11.9. The van der Waals surface area contributed by atoms with E-state index in [-0.39, 0.29) is 5.92 Å². The summed E-state index contributed by atoms with van der Waals surface area (Å²) in [7, 11) is 0. The van der Waals surface area contributed by atoms with Crippen molar-refractivity contribution in [1.29, 1.82) is 0 Å². The van der Waals surface area contributed by atoms with Crippen molar-refractivity contribution in [3.05, 3.63) is 47.3 Å². The summed E-state index contributed by atoms with van der Waals surface area (Å²) in [6.45, 7) is 9.08. The molecule has 2 heterocycles. The summed E-state index contributed by atoms with van der Waals surface area (Å²) in [5.74, 6) is 5.29. The Labute approximate surface area is 173 Å². The molecule has 0 N–H and O–H groups in total. The largest absolute Gasteiger partial charge is 0.465 e. The van der Waals surface area contributed by atoms with Crippen LogP contribution in [0.3, 0.4) is 0 Å². The molecular weight excluding hydrogens is 344 g/mol. The first-order valence-corrected chi connectivity index (χ1v) is 11.9. The molecular formula is C26H42O2. The summed E-state index contributed by atoms with van der Waals surface area (Å²) in [6.07, 6.45) is 14.5. The predicted octanol–water partition coefficient (Wildman–Crippen LogP) is 8.69. The normalized spacial score (nSPS) is 12.8. The first kappa shape index (κ1) is 22.8. The number of hydrogen-bond acceptors (Lipinski definition) is 2. The van der Waals surface area contributed by atoms with Crippen molar-refractivity contribution in [2.75, 3.05) is 0 Å². The monoisotopic (exact) mass is 386 g/mol. The molecule has 0 fully saturated rings. The second-order valence-electron chi connectivity index (χ2n) is 8.31. The van der Waals surface area contributed by atoms with Crippen LogP contribution in [0, 0.1) is 5.92 Å². The van der Waals surface area contributed by atoms with Crippen molar-refractivity contribution in [2.45, 2.75) is 111 Å². The zero-order valence-corrected chi connectivity index (χ0v) is 18.8. The van der Waals surface area contributed by atoms with Gasteiger partial charge < -0.3 is 8.83 Å². The molecule has 28 heavy (non-hydrogen) atoms. The molecule has 2 rings (SSSR count). The van der Waals surface area contributed by atoms with Crippen LogP contribution in [0.25, 0.3) is 0 Å². The quantitative estimate of drug-likeness (QED) is 0.286. The van der Waals surface area contributed by atoms with Crippen molar-refractivity contribution < 1.29 is 8.83 Å². The molecule has 2 aromatic rings. The van der Waals surface area contributed by atoms with Gasteiger partial charge in [0.25, 0.3) is 0 Å². The molecule has 2 nitrogen and oxygen atoms in total. The fraction of sp³-hybridized carbons (Fsp3) is 0.692. The Morgan fingerprint density at radius 2 is 1.14 bits per heavy atom. The van der Waals surface area contributed by atoms with Crippen LogP contribution in [0.5, 0.6) is 0 Å². The summed E-state index contributed by atoms with van der Waals surface area (Å²) >= 11 is 0. The van der Waals surface area contributed by atoms with Gasteiger partial charge in [-0.25, -0.2) is 0 Å². The smallest absolute Gasteiger partial charge is 0.115 e. The Hall–Kier alpha value is -1.44. The Morgan fingerprint density at radius 3 is 1.57 bits per heavy atom. The van der Waals surface area contributed by atoms with Crippen LogP contribution in [-0.2, 0) is 12.8 Å². The van der Waals surface area contributed by atoms with Crippen LogP contribution >= 0.6 is 0 Å². The maximum atomic E-state index is 6.36. The lowest BCUT2D eigenvalue weighted by Crippen LogP contribution is -2.13. The molecule has 1 unspecified atom stereocenters. The molecule has 0 radical (unpaired) electrons. The number of furan rings is 2. The van der Waals surface area contributed by atoms with E-state index < -0.39 is 0 Å². The van der Waals surface area contributed by atoms with Crippen molar-refractivity contribution >= 4 is 0 Å². The minimum atomic E-state index is 0.247. The lowest BCUT2D eigenvalue weighted by Gasteiger charge is -2.23. The van der Waals surface area contributed by atoms with Gasteiger partial charge in [-0.3, -0.25) is 0 Å². The molecule has 158 valence electrons. The molecule has 0 aliphatic carbocycles. The van der Waals surface area contributed by atoms with Crippen LogP contribution in [0.4, 0.5) is 0 Å². The van der Waals surface area contributed by atoms with Crippen molar-refractivity contribution in [2.24, 2.45) is 5.92 Å². The highest BCUT2D eigenvalue weighted by molar-refractivity contribution is 5.24. The summed E-state index contributed by atoms with van der Waals surface area (Å²) < 4.78 is 12.7. The van der Waals surface area contributed by atoms with Crippen LogP contribution < -0.4 is 0 Å². The van der Waals surface area contributed by atoms with E-state index in [9.17, 15) is 0 Å². The highest BCUT2D eigenvalue weighted by Gasteiger charge is 2.29. The highest BCUT2D eigenvalue weighted by Crippen LogP contribution is 2.39. The van der Waals surface area contributed by atoms with E-state index >= 15 is 0 Å². The molecule has 1 atom stereocenters. The number of hydrogen-bond donors (Lipinski definition) is 0. The lowest BCUT2D eigenvalue weighted by molar-refractivity contribution is 0.306. The van der Waals surface area contributed by atoms with Crippen LogP contribution in [0.15, 0.2) is 33.1 Å². The maximum absolute atomic E-state index is 6.36. The average Bonchev–Trinajstić information content (AvgIpc) is 3.35. The van der Waals surface area contributed by atoms with E-state index in [0.717, 1.165) is 42.3 Å². The van der Waals surface area contributed by atoms with E-state index in [1.165, 1.54) is 57.8 Å². The second-order valence-corrected chi connectivity index (χ2v) is 8.31. The van der Waals surface area contributed by atoms with E-state index in [2.05, 4.69) is 52.0 Å². The van der Waals surface area contributed by atoms with Crippen molar-refractivity contribution in [3.8, 4) is 0 Å². The summed E-state index contributed by atoms with van der Waals surface area (Å²) in [4.78, 5) is 0. The molecule has 0 saturated heterocycles. The molecule has 0 aliphatic heterocycles. The van der Waals surface area contributed by atoms with Crippen LogP contribution in [0.1, 0.15) is 121 Å². The van der Waals surface area contributed by atoms with Crippen LogP contribution in [-0.4, -0.2) is 0 Å². The van der Waals surface area contributed by atoms with Gasteiger partial charge in [-0.2, -0.15) is 0 Å². The predicted molar refractivity (Wildman–Crippen MR) is 119 cm³/mol. The number of rotatable bonds is 15. The third-order valence-corrected chi connectivity index (χ3v) is 5.96. The maximum Gasteiger partial charge on any atom is 0.115 e. The summed E-state index contributed by atoms with van der Waals surface area (Å²) in [6, 6.07) is 8.80. The average molecular weight is 387 g/mol. The van der Waals surface area contributed by atoms with Gasteiger partial charge in [-0.15, -0.1) is 0 Å². The van der Waals surface area contributed by atoms with Crippen LogP contribution in [0.2, 0.25) is 0 Å². The van der Waals surface area contributed by atoms with Gasteiger partial charge in [-0.05, 0) is 49.4 Å². The summed E-state index contributed by atoms with van der Waals surface area (Å²) in [5.41, 5.74) is 0. The fourth-order valence-electron chi connectivity index (χ4n) is 4.17. The van der Waals surface area contributed by atoms with Gasteiger partial charge in [0, 0.05) is 12.8 Å². The fourth-order valence-corrected chi connectivity index (χ4v) is 4.17. The molecule has 0 bridgehead atoms.